The molecule has 1 amide bonds. The molecule has 1 atom stereocenters. The van der Waals surface area contributed by atoms with Gasteiger partial charge in [0.25, 0.3) is 5.91 Å². The monoisotopic (exact) mass is 421 g/mol. The molecule has 0 spiro atoms. The Morgan fingerprint density at radius 2 is 1.96 bits per heavy atom. The summed E-state index contributed by atoms with van der Waals surface area (Å²) in [6.45, 7) is 2.92. The van der Waals surface area contributed by atoms with Gasteiger partial charge >= 0.3 is 0 Å². The van der Waals surface area contributed by atoms with Gasteiger partial charge in [-0.25, -0.2) is 8.42 Å². The largest absolute Gasteiger partial charge is 0.494 e. The van der Waals surface area contributed by atoms with Gasteiger partial charge in [0.15, 0.2) is 9.84 Å². The molecule has 1 saturated heterocycles. The Labute approximate surface area is 171 Å². The molecule has 0 saturated carbocycles. The fourth-order valence-corrected chi connectivity index (χ4v) is 5.14. The van der Waals surface area contributed by atoms with Crippen molar-refractivity contribution in [1.82, 2.24) is 4.90 Å². The van der Waals surface area contributed by atoms with Crippen LogP contribution in [0.25, 0.3) is 0 Å². The third-order valence-corrected chi connectivity index (χ3v) is 6.73. The molecule has 0 bridgehead atoms. The molecule has 2 aromatic rings. The molecule has 0 aliphatic carbocycles. The molecule has 1 fully saturated rings. The van der Waals surface area contributed by atoms with Crippen LogP contribution in [0.15, 0.2) is 48.5 Å². The average Bonchev–Trinajstić information content (AvgIpc) is 3.05. The number of halogens is 1. The fraction of sp³-hybridized carbons (Fsp3) is 0.381. The Hall–Kier alpha value is -2.05. The van der Waals surface area contributed by atoms with E-state index in [9.17, 15) is 13.2 Å². The molecule has 2 aromatic carbocycles. The summed E-state index contributed by atoms with van der Waals surface area (Å²) in [7, 11) is -3.12. The molecule has 5 nitrogen and oxygen atoms in total. The van der Waals surface area contributed by atoms with Crippen LogP contribution in [0.1, 0.15) is 35.7 Å². The summed E-state index contributed by atoms with van der Waals surface area (Å²) in [5, 5.41) is 0.617. The van der Waals surface area contributed by atoms with Gasteiger partial charge in [0.05, 0.1) is 18.1 Å². The number of carbonyl (C=O) groups excluding carboxylic acids is 1. The molecule has 0 radical (unpaired) electrons. The first kappa shape index (κ1) is 20.7. The Kier molecular flexibility index (Phi) is 6.62. The van der Waals surface area contributed by atoms with E-state index in [1.807, 2.05) is 25.1 Å². The number of ether oxygens (including phenoxy) is 1. The topological polar surface area (TPSA) is 63.7 Å². The van der Waals surface area contributed by atoms with Crippen LogP contribution in [-0.4, -0.2) is 43.4 Å². The number of benzene rings is 2. The van der Waals surface area contributed by atoms with Gasteiger partial charge in [-0.2, -0.15) is 0 Å². The van der Waals surface area contributed by atoms with Gasteiger partial charge in [-0.15, -0.1) is 0 Å². The lowest BCUT2D eigenvalue weighted by Gasteiger charge is -2.28. The van der Waals surface area contributed by atoms with Crippen molar-refractivity contribution in [2.45, 2.75) is 32.4 Å². The lowest BCUT2D eigenvalue weighted by Crippen LogP contribution is -2.40. The number of rotatable bonds is 7. The summed E-state index contributed by atoms with van der Waals surface area (Å²) < 4.78 is 29.6. The van der Waals surface area contributed by atoms with E-state index in [-0.39, 0.29) is 23.5 Å². The molecule has 0 aromatic heterocycles. The lowest BCUT2D eigenvalue weighted by atomic mass is 10.1. The summed E-state index contributed by atoms with van der Waals surface area (Å²) >= 11 is 5.96. The highest BCUT2D eigenvalue weighted by Crippen LogP contribution is 2.24. The minimum absolute atomic E-state index is 0.00163. The molecule has 1 unspecified atom stereocenters. The zero-order chi connectivity index (χ0) is 20.1. The van der Waals surface area contributed by atoms with E-state index in [0.717, 1.165) is 12.0 Å². The quantitative estimate of drug-likeness (QED) is 0.678. The highest BCUT2D eigenvalue weighted by Gasteiger charge is 2.35. The molecule has 3 rings (SSSR count). The molecule has 0 N–H and O–H groups in total. The van der Waals surface area contributed by atoms with Crippen LogP contribution in [0.2, 0.25) is 5.02 Å². The van der Waals surface area contributed by atoms with Crippen molar-refractivity contribution in [3.63, 3.8) is 0 Å². The second-order valence-electron chi connectivity index (χ2n) is 6.99. The second-order valence-corrected chi connectivity index (χ2v) is 9.66. The van der Waals surface area contributed by atoms with E-state index in [1.54, 1.807) is 35.2 Å². The number of nitrogens with zero attached hydrogens (tertiary/aromatic N) is 1. The Bertz CT molecular complexity index is 928. The van der Waals surface area contributed by atoms with Gasteiger partial charge in [0, 0.05) is 23.2 Å². The van der Waals surface area contributed by atoms with Crippen molar-refractivity contribution >= 4 is 27.3 Å². The lowest BCUT2D eigenvalue weighted by molar-refractivity contribution is 0.0680. The summed E-state index contributed by atoms with van der Waals surface area (Å²) in [4.78, 5) is 14.9. The van der Waals surface area contributed by atoms with Gasteiger partial charge in [-0.05, 0) is 48.7 Å². The first-order valence-electron chi connectivity index (χ1n) is 9.36. The van der Waals surface area contributed by atoms with E-state index >= 15 is 0 Å². The predicted octanol–water partition coefficient (Wildman–Crippen LogP) is 3.96. The van der Waals surface area contributed by atoms with Gasteiger partial charge < -0.3 is 9.64 Å². The number of amides is 1. The smallest absolute Gasteiger partial charge is 0.254 e. The average molecular weight is 422 g/mol. The third-order valence-electron chi connectivity index (χ3n) is 4.73. The van der Waals surface area contributed by atoms with Crippen LogP contribution in [0.4, 0.5) is 0 Å². The summed E-state index contributed by atoms with van der Waals surface area (Å²) in [5.41, 5.74) is 1.40. The zero-order valence-electron chi connectivity index (χ0n) is 15.8. The molecule has 1 aliphatic rings. The second kappa shape index (κ2) is 8.97. The minimum Gasteiger partial charge on any atom is -0.494 e. The maximum atomic E-state index is 13.3. The number of hydrogen-bond acceptors (Lipinski definition) is 4. The first-order chi connectivity index (χ1) is 13.4. The van der Waals surface area contributed by atoms with E-state index in [0.29, 0.717) is 35.9 Å². The van der Waals surface area contributed by atoms with Crippen molar-refractivity contribution in [3.05, 3.63) is 64.7 Å². The maximum Gasteiger partial charge on any atom is 0.254 e. The third kappa shape index (κ3) is 5.26. The first-order valence-corrected chi connectivity index (χ1v) is 11.6. The van der Waals surface area contributed by atoms with Gasteiger partial charge in [-0.3, -0.25) is 4.79 Å². The molecule has 1 heterocycles. The predicted molar refractivity (Wildman–Crippen MR) is 111 cm³/mol. The van der Waals surface area contributed by atoms with Crippen molar-refractivity contribution < 1.29 is 17.9 Å². The fourth-order valence-electron chi connectivity index (χ4n) is 3.28. The van der Waals surface area contributed by atoms with Crippen LogP contribution in [0.5, 0.6) is 5.75 Å². The number of carbonyl (C=O) groups is 1. The molecular weight excluding hydrogens is 398 g/mol. The van der Waals surface area contributed by atoms with Gasteiger partial charge in [0.1, 0.15) is 5.75 Å². The summed E-state index contributed by atoms with van der Waals surface area (Å²) in [6.07, 6.45) is 1.33. The minimum atomic E-state index is -3.12. The Morgan fingerprint density at radius 3 is 2.61 bits per heavy atom. The summed E-state index contributed by atoms with van der Waals surface area (Å²) in [6, 6.07) is 14.0. The highest BCUT2D eigenvalue weighted by molar-refractivity contribution is 7.91. The van der Waals surface area contributed by atoms with E-state index in [2.05, 4.69) is 0 Å². The number of hydrogen-bond donors (Lipinski definition) is 0. The van der Waals surface area contributed by atoms with Crippen LogP contribution in [0, 0.1) is 0 Å². The standard InChI is InChI=1S/C21H24ClNO4S/c1-2-11-27-20-5-3-4-17(13-20)21(24)23(19-10-12-28(25,26)15-19)14-16-6-8-18(22)9-7-16/h3-9,13,19H,2,10-12,14-15H2,1H3. The normalized spacial score (nSPS) is 18.0. The van der Waals surface area contributed by atoms with Crippen molar-refractivity contribution in [3.8, 4) is 5.75 Å². The summed E-state index contributed by atoms with van der Waals surface area (Å²) in [5.74, 6) is 0.553. The molecule has 150 valence electrons. The molecule has 28 heavy (non-hydrogen) atoms. The van der Waals surface area contributed by atoms with Gasteiger partial charge in [-0.1, -0.05) is 36.7 Å². The van der Waals surface area contributed by atoms with Crippen molar-refractivity contribution in [2.24, 2.45) is 0 Å². The van der Waals surface area contributed by atoms with Crippen LogP contribution in [-0.2, 0) is 16.4 Å². The van der Waals surface area contributed by atoms with E-state index in [4.69, 9.17) is 16.3 Å². The maximum absolute atomic E-state index is 13.3. The van der Waals surface area contributed by atoms with Crippen LogP contribution >= 0.6 is 11.6 Å². The van der Waals surface area contributed by atoms with Crippen molar-refractivity contribution in [2.75, 3.05) is 18.1 Å². The van der Waals surface area contributed by atoms with Crippen LogP contribution < -0.4 is 4.74 Å². The SMILES string of the molecule is CCCOc1cccc(C(=O)N(Cc2ccc(Cl)cc2)C2CCS(=O)(=O)C2)c1. The molecular formula is C21H24ClNO4S. The van der Waals surface area contributed by atoms with Crippen LogP contribution in [0.3, 0.4) is 0 Å². The van der Waals surface area contributed by atoms with E-state index < -0.39 is 9.84 Å². The highest BCUT2D eigenvalue weighted by atomic mass is 35.5. The Balaban J connectivity index is 1.87. The van der Waals surface area contributed by atoms with Crippen molar-refractivity contribution in [1.29, 1.82) is 0 Å². The van der Waals surface area contributed by atoms with E-state index in [1.165, 1.54) is 0 Å². The molecule has 7 heteroatoms. The Morgan fingerprint density at radius 1 is 1.21 bits per heavy atom. The van der Waals surface area contributed by atoms with Gasteiger partial charge in [0.2, 0.25) is 0 Å². The zero-order valence-corrected chi connectivity index (χ0v) is 17.4. The number of sulfone groups is 1. The molecule has 1 aliphatic heterocycles.